The van der Waals surface area contributed by atoms with E-state index in [1.54, 1.807) is 6.92 Å². The van der Waals surface area contributed by atoms with E-state index in [-0.39, 0.29) is 22.5 Å². The maximum Gasteiger partial charge on any atom is 0.416 e. The first-order chi connectivity index (χ1) is 15.1. The number of benzene rings is 1. The average Bonchev–Trinajstić information content (AvgIpc) is 3.43. The highest BCUT2D eigenvalue weighted by atomic mass is 35.5. The summed E-state index contributed by atoms with van der Waals surface area (Å²) >= 11 is 11.7. The van der Waals surface area contributed by atoms with Crippen LogP contribution in [0.25, 0.3) is 5.95 Å². The summed E-state index contributed by atoms with van der Waals surface area (Å²) in [6.45, 7) is 2.09. The molecule has 168 valence electrons. The Morgan fingerprint density at radius 1 is 1.16 bits per heavy atom. The summed E-state index contributed by atoms with van der Waals surface area (Å²) in [6, 6.07) is 2.21. The third kappa shape index (κ3) is 4.86. The molecule has 12 heteroatoms. The number of alkyl halides is 3. The first kappa shape index (κ1) is 22.5. The highest BCUT2D eigenvalue weighted by molar-refractivity contribution is 6.31. The zero-order valence-corrected chi connectivity index (χ0v) is 18.2. The van der Waals surface area contributed by atoms with Gasteiger partial charge in [0, 0.05) is 17.1 Å². The van der Waals surface area contributed by atoms with Gasteiger partial charge in [0.2, 0.25) is 0 Å². The predicted octanol–water partition coefficient (Wildman–Crippen LogP) is 5.00. The maximum absolute atomic E-state index is 13.4. The third-order valence-corrected chi connectivity index (χ3v) is 5.51. The van der Waals surface area contributed by atoms with E-state index < -0.39 is 23.7 Å². The fourth-order valence-corrected chi connectivity index (χ4v) is 3.61. The van der Waals surface area contributed by atoms with E-state index >= 15 is 0 Å². The van der Waals surface area contributed by atoms with Gasteiger partial charge >= 0.3 is 6.18 Å². The summed E-state index contributed by atoms with van der Waals surface area (Å²) in [5.74, 6) is 0.254. The van der Waals surface area contributed by atoms with Crippen molar-refractivity contribution in [1.29, 1.82) is 0 Å². The van der Waals surface area contributed by atoms with Gasteiger partial charge in [-0.15, -0.1) is 0 Å². The molecule has 1 unspecified atom stereocenters. The van der Waals surface area contributed by atoms with Gasteiger partial charge in [-0.05, 0) is 43.9 Å². The highest BCUT2D eigenvalue weighted by Gasteiger charge is 2.35. The summed E-state index contributed by atoms with van der Waals surface area (Å²) in [5, 5.41) is 4.31. The smallest absolute Gasteiger partial charge is 0.328 e. The van der Waals surface area contributed by atoms with E-state index in [4.69, 9.17) is 23.2 Å². The lowest BCUT2D eigenvalue weighted by Gasteiger charge is -2.29. The number of hydrogen-bond donors (Lipinski definition) is 0. The molecule has 0 bridgehead atoms. The Bertz CT molecular complexity index is 1130. The molecule has 3 aromatic rings. The Labute approximate surface area is 191 Å². The van der Waals surface area contributed by atoms with E-state index in [2.05, 4.69) is 20.1 Å². The number of carbonyl (C=O) groups excluding carboxylic acids is 1. The minimum absolute atomic E-state index is 0.147. The van der Waals surface area contributed by atoms with E-state index in [0.717, 1.165) is 25.0 Å². The number of aromatic nitrogens is 5. The monoisotopic (exact) mass is 484 g/mol. The third-order valence-electron chi connectivity index (χ3n) is 5.10. The Hall–Kier alpha value is -2.72. The van der Waals surface area contributed by atoms with Gasteiger partial charge in [0.1, 0.15) is 6.33 Å². The van der Waals surface area contributed by atoms with Crippen LogP contribution >= 0.6 is 23.2 Å². The normalized spacial score (nSPS) is 14.9. The molecule has 2 aromatic heterocycles. The van der Waals surface area contributed by atoms with Crippen LogP contribution in [0.4, 0.5) is 13.2 Å². The molecule has 1 fully saturated rings. The zero-order valence-electron chi connectivity index (χ0n) is 16.7. The molecule has 0 spiro atoms. The van der Waals surface area contributed by atoms with Crippen molar-refractivity contribution in [3.63, 3.8) is 0 Å². The van der Waals surface area contributed by atoms with Crippen LogP contribution in [0.15, 0.2) is 36.9 Å². The van der Waals surface area contributed by atoms with E-state index in [0.29, 0.717) is 17.4 Å². The quantitative estimate of drug-likeness (QED) is 0.492. The lowest BCUT2D eigenvalue weighted by atomic mass is 10.1. The van der Waals surface area contributed by atoms with Crippen molar-refractivity contribution in [2.24, 2.45) is 5.92 Å². The summed E-state index contributed by atoms with van der Waals surface area (Å²) in [5.41, 5.74) is -1.13. The molecule has 1 atom stereocenters. The van der Waals surface area contributed by atoms with Crippen LogP contribution in [0.2, 0.25) is 10.0 Å². The van der Waals surface area contributed by atoms with E-state index in [1.807, 2.05) is 0 Å². The second-order valence-electron chi connectivity index (χ2n) is 7.53. The molecule has 0 radical (unpaired) electrons. The number of halogens is 5. The molecule has 4 rings (SSSR count). The number of amides is 1. The van der Waals surface area contributed by atoms with Gasteiger partial charge in [0.15, 0.2) is 5.82 Å². The lowest BCUT2D eigenvalue weighted by molar-refractivity contribution is -0.137. The summed E-state index contributed by atoms with van der Waals surface area (Å²) in [4.78, 5) is 27.3. The Morgan fingerprint density at radius 2 is 1.84 bits per heavy atom. The fraction of sp³-hybridized carbons (Fsp3) is 0.350. The molecule has 32 heavy (non-hydrogen) atoms. The molecule has 0 saturated heterocycles. The van der Waals surface area contributed by atoms with Crippen molar-refractivity contribution < 1.29 is 18.0 Å². The van der Waals surface area contributed by atoms with Crippen LogP contribution in [0, 0.1) is 5.92 Å². The van der Waals surface area contributed by atoms with Crippen molar-refractivity contribution in [3.8, 4) is 5.95 Å². The van der Waals surface area contributed by atoms with Crippen molar-refractivity contribution >= 4 is 29.1 Å². The van der Waals surface area contributed by atoms with Gasteiger partial charge in [-0.25, -0.2) is 15.0 Å². The van der Waals surface area contributed by atoms with Crippen LogP contribution in [-0.4, -0.2) is 42.1 Å². The summed E-state index contributed by atoms with van der Waals surface area (Å²) in [6.07, 6.45) is 1.35. The van der Waals surface area contributed by atoms with Crippen molar-refractivity contribution in [2.75, 3.05) is 6.54 Å². The minimum Gasteiger partial charge on any atom is -0.328 e. The SMILES string of the molecule is CC(c1ncnn1-c1ncc(Cl)cn1)N(CC1CC1)C(=O)c1cc(Cl)cc(C(F)(F)F)c1. The Kier molecular flexibility index (Phi) is 6.09. The van der Waals surface area contributed by atoms with E-state index in [1.165, 1.54) is 34.4 Å². The standard InChI is InChI=1S/C20H17Cl2F3N6O/c1-11(17-28-10-29-31(17)19-26-7-16(22)8-27-19)30(9-12-2-3-12)18(32)13-4-14(20(23,24)25)6-15(21)5-13/h4-8,10-12H,2-3,9H2,1H3. The lowest BCUT2D eigenvalue weighted by Crippen LogP contribution is -2.37. The molecular formula is C20H17Cl2F3N6O. The van der Waals surface area contributed by atoms with Crippen LogP contribution in [0.3, 0.4) is 0 Å². The second kappa shape index (κ2) is 8.67. The van der Waals surface area contributed by atoms with Gasteiger partial charge in [0.25, 0.3) is 11.9 Å². The molecule has 1 saturated carbocycles. The molecule has 1 aromatic carbocycles. The largest absolute Gasteiger partial charge is 0.416 e. The fourth-order valence-electron chi connectivity index (χ4n) is 3.28. The zero-order chi connectivity index (χ0) is 23.0. The first-order valence-electron chi connectivity index (χ1n) is 9.70. The van der Waals surface area contributed by atoms with Crippen LogP contribution in [-0.2, 0) is 6.18 Å². The number of hydrogen-bond acceptors (Lipinski definition) is 5. The van der Waals surface area contributed by atoms with Crippen molar-refractivity contribution in [3.05, 3.63) is 63.9 Å². The molecule has 1 amide bonds. The summed E-state index contributed by atoms with van der Waals surface area (Å²) in [7, 11) is 0. The molecule has 0 aliphatic heterocycles. The Balaban J connectivity index is 1.70. The summed E-state index contributed by atoms with van der Waals surface area (Å²) < 4.78 is 41.1. The van der Waals surface area contributed by atoms with Gasteiger partial charge in [-0.3, -0.25) is 4.79 Å². The van der Waals surface area contributed by atoms with Crippen LogP contribution < -0.4 is 0 Å². The van der Waals surface area contributed by atoms with Gasteiger partial charge < -0.3 is 4.90 Å². The van der Waals surface area contributed by atoms with Crippen molar-refractivity contribution in [2.45, 2.75) is 32.0 Å². The Morgan fingerprint density at radius 3 is 2.47 bits per heavy atom. The van der Waals surface area contributed by atoms with Crippen LogP contribution in [0.1, 0.15) is 47.6 Å². The second-order valence-corrected chi connectivity index (χ2v) is 8.41. The van der Waals surface area contributed by atoms with E-state index in [9.17, 15) is 18.0 Å². The van der Waals surface area contributed by atoms with Gasteiger partial charge in [-0.1, -0.05) is 23.2 Å². The molecule has 7 nitrogen and oxygen atoms in total. The van der Waals surface area contributed by atoms with Crippen LogP contribution in [0.5, 0.6) is 0 Å². The van der Waals surface area contributed by atoms with Gasteiger partial charge in [0.05, 0.1) is 29.0 Å². The average molecular weight is 485 g/mol. The number of rotatable bonds is 6. The highest BCUT2D eigenvalue weighted by Crippen LogP contribution is 2.35. The van der Waals surface area contributed by atoms with Gasteiger partial charge in [-0.2, -0.15) is 23.0 Å². The first-order valence-corrected chi connectivity index (χ1v) is 10.5. The topological polar surface area (TPSA) is 76.8 Å². The number of carbonyl (C=O) groups is 1. The number of nitrogens with zero attached hydrogens (tertiary/aromatic N) is 6. The molecule has 2 heterocycles. The predicted molar refractivity (Wildman–Crippen MR) is 111 cm³/mol. The molecule has 1 aliphatic carbocycles. The minimum atomic E-state index is -4.63. The maximum atomic E-state index is 13.4. The molecule has 0 N–H and O–H groups in total. The molecule has 1 aliphatic rings. The molecular weight excluding hydrogens is 468 g/mol. The van der Waals surface area contributed by atoms with Crippen molar-refractivity contribution in [1.82, 2.24) is 29.6 Å².